The number of ether oxygens (including phenoxy) is 1. The van der Waals surface area contributed by atoms with Crippen molar-refractivity contribution in [1.82, 2.24) is 0 Å². The number of hydrogen-bond acceptors (Lipinski definition) is 3. The summed E-state index contributed by atoms with van der Waals surface area (Å²) < 4.78 is 30.6. The van der Waals surface area contributed by atoms with E-state index in [0.717, 1.165) is 12.8 Å². The van der Waals surface area contributed by atoms with Gasteiger partial charge in [-0.05, 0) is 30.9 Å². The quantitative estimate of drug-likeness (QED) is 0.750. The largest absolute Gasteiger partial charge is 0.369 e. The van der Waals surface area contributed by atoms with Crippen LogP contribution in [0.3, 0.4) is 0 Å². The Morgan fingerprint density at radius 2 is 1.82 bits per heavy atom. The maximum atomic E-state index is 12.5. The Morgan fingerprint density at radius 3 is 2.47 bits per heavy atom. The molecule has 0 spiro atoms. The molecule has 1 heterocycles. The first-order valence-electron chi connectivity index (χ1n) is 6.12. The van der Waals surface area contributed by atoms with Crippen LogP contribution in [-0.2, 0) is 14.6 Å². The Balaban J connectivity index is 1.71. The first-order valence-corrected chi connectivity index (χ1v) is 7.67. The molecule has 5 atom stereocenters. The van der Waals surface area contributed by atoms with Gasteiger partial charge in [-0.1, -0.05) is 18.2 Å². The van der Waals surface area contributed by atoms with Gasteiger partial charge in [0.1, 0.15) is 0 Å². The van der Waals surface area contributed by atoms with E-state index >= 15 is 0 Å². The molecule has 1 aliphatic heterocycles. The molecule has 17 heavy (non-hydrogen) atoms. The minimum atomic E-state index is -3.16. The highest BCUT2D eigenvalue weighted by Gasteiger charge is 2.65. The van der Waals surface area contributed by atoms with Crippen LogP contribution in [-0.4, -0.2) is 25.9 Å². The van der Waals surface area contributed by atoms with Gasteiger partial charge in [-0.2, -0.15) is 0 Å². The summed E-state index contributed by atoms with van der Waals surface area (Å²) in [6.45, 7) is 0. The Kier molecular flexibility index (Phi) is 1.85. The molecule has 0 radical (unpaired) electrons. The maximum absolute atomic E-state index is 12.5. The van der Waals surface area contributed by atoms with Gasteiger partial charge in [0.05, 0.1) is 22.4 Å². The van der Waals surface area contributed by atoms with Crippen molar-refractivity contribution in [3.05, 3.63) is 30.3 Å². The molecule has 1 saturated heterocycles. The van der Waals surface area contributed by atoms with Crippen LogP contribution in [0.4, 0.5) is 0 Å². The summed E-state index contributed by atoms with van der Waals surface area (Å²) in [5.74, 6) is 0.740. The molecule has 0 unspecified atom stereocenters. The van der Waals surface area contributed by atoms with Gasteiger partial charge < -0.3 is 4.74 Å². The minimum absolute atomic E-state index is 0.210. The van der Waals surface area contributed by atoms with E-state index in [4.69, 9.17) is 4.74 Å². The normalized spacial score (nSPS) is 42.5. The molecule has 4 heteroatoms. The predicted octanol–water partition coefficient (Wildman–Crippen LogP) is 1.64. The average Bonchev–Trinajstić information content (AvgIpc) is 2.95. The molecule has 3 aliphatic rings. The molecule has 4 rings (SSSR count). The number of rotatable bonds is 2. The summed E-state index contributed by atoms with van der Waals surface area (Å²) in [7, 11) is -3.16. The molecule has 90 valence electrons. The van der Waals surface area contributed by atoms with Crippen molar-refractivity contribution in [3.63, 3.8) is 0 Å². The van der Waals surface area contributed by atoms with Crippen LogP contribution in [0.5, 0.6) is 0 Å². The fraction of sp³-hybridized carbons (Fsp3) is 0.538. The summed E-state index contributed by atoms with van der Waals surface area (Å²) in [6.07, 6.45) is 2.48. The predicted molar refractivity (Wildman–Crippen MR) is 62.3 cm³/mol. The summed E-state index contributed by atoms with van der Waals surface area (Å²) in [6, 6.07) is 8.83. The molecule has 3 fully saturated rings. The van der Waals surface area contributed by atoms with E-state index < -0.39 is 9.84 Å². The van der Waals surface area contributed by atoms with Crippen LogP contribution in [0, 0.1) is 11.8 Å². The molecule has 1 aromatic carbocycles. The smallest absolute Gasteiger partial charge is 0.181 e. The third kappa shape index (κ3) is 1.28. The van der Waals surface area contributed by atoms with Gasteiger partial charge in [0, 0.05) is 5.92 Å². The molecule has 3 nitrogen and oxygen atoms in total. The topological polar surface area (TPSA) is 46.7 Å². The highest BCUT2D eigenvalue weighted by atomic mass is 32.2. The summed E-state index contributed by atoms with van der Waals surface area (Å²) >= 11 is 0. The summed E-state index contributed by atoms with van der Waals surface area (Å²) in [4.78, 5) is 0.467. The first-order chi connectivity index (χ1) is 8.18. The zero-order chi connectivity index (χ0) is 11.6. The minimum Gasteiger partial charge on any atom is -0.369 e. The van der Waals surface area contributed by atoms with E-state index in [0.29, 0.717) is 16.9 Å². The molecule has 1 aromatic rings. The molecule has 0 N–H and O–H groups in total. The van der Waals surface area contributed by atoms with Crippen LogP contribution < -0.4 is 0 Å². The van der Waals surface area contributed by atoms with E-state index in [9.17, 15) is 8.42 Å². The molecular formula is C13H14O3S. The van der Waals surface area contributed by atoms with Gasteiger partial charge in [-0.25, -0.2) is 8.42 Å². The van der Waals surface area contributed by atoms with Gasteiger partial charge >= 0.3 is 0 Å². The van der Waals surface area contributed by atoms with E-state index in [1.54, 1.807) is 24.3 Å². The van der Waals surface area contributed by atoms with Crippen LogP contribution in [0.1, 0.15) is 12.8 Å². The van der Waals surface area contributed by atoms with E-state index in [1.807, 2.05) is 6.07 Å². The van der Waals surface area contributed by atoms with Gasteiger partial charge in [0.2, 0.25) is 0 Å². The zero-order valence-corrected chi connectivity index (χ0v) is 10.1. The second-order valence-corrected chi connectivity index (χ2v) is 7.52. The fourth-order valence-electron chi connectivity index (χ4n) is 3.69. The lowest BCUT2D eigenvalue weighted by Gasteiger charge is -2.19. The average molecular weight is 250 g/mol. The van der Waals surface area contributed by atoms with E-state index in [2.05, 4.69) is 0 Å². The molecule has 0 aromatic heterocycles. The second-order valence-electron chi connectivity index (χ2n) is 5.36. The van der Waals surface area contributed by atoms with Crippen molar-refractivity contribution in [2.24, 2.45) is 11.8 Å². The van der Waals surface area contributed by atoms with Crippen LogP contribution in [0.2, 0.25) is 0 Å². The molecule has 0 amide bonds. The lowest BCUT2D eigenvalue weighted by Crippen LogP contribution is -2.31. The Hall–Kier alpha value is -0.870. The van der Waals surface area contributed by atoms with Gasteiger partial charge in [0.25, 0.3) is 0 Å². The van der Waals surface area contributed by atoms with E-state index in [1.165, 1.54) is 0 Å². The van der Waals surface area contributed by atoms with Crippen molar-refractivity contribution < 1.29 is 13.2 Å². The highest BCUT2D eigenvalue weighted by molar-refractivity contribution is 7.92. The fourth-order valence-corrected chi connectivity index (χ4v) is 5.80. The van der Waals surface area contributed by atoms with Crippen LogP contribution in [0.15, 0.2) is 35.2 Å². The number of benzene rings is 1. The van der Waals surface area contributed by atoms with Gasteiger partial charge in [-0.15, -0.1) is 0 Å². The highest BCUT2D eigenvalue weighted by Crippen LogP contribution is 2.58. The molecule has 2 saturated carbocycles. The molecular weight excluding hydrogens is 236 g/mol. The number of epoxide rings is 1. The number of fused-ring (bicyclic) bond motifs is 5. The standard InChI is InChI=1S/C13H14O3S/c14-17(15,9-4-2-1-3-5-9)11-7-8-6-10(11)13-12(8)16-13/h1-5,8,10-13H,6-7H2/t8-,10+,11-,12-,13+/m0/s1. The SMILES string of the molecule is O=S(=O)(c1ccccc1)[C@H]1C[C@@H]2C[C@H]1[C@H]1O[C@@H]21. The Labute approximate surface area is 101 Å². The van der Waals surface area contributed by atoms with Gasteiger partial charge in [-0.3, -0.25) is 0 Å². The Bertz CT molecular complexity index is 551. The second kappa shape index (κ2) is 3.12. The lowest BCUT2D eigenvalue weighted by atomic mass is 10.0. The summed E-state index contributed by atoms with van der Waals surface area (Å²) in [5.41, 5.74) is 0. The van der Waals surface area contributed by atoms with Gasteiger partial charge in [0.15, 0.2) is 9.84 Å². The van der Waals surface area contributed by atoms with Crippen molar-refractivity contribution in [2.75, 3.05) is 0 Å². The first kappa shape index (κ1) is 10.1. The Morgan fingerprint density at radius 1 is 1.06 bits per heavy atom. The number of hydrogen-bond donors (Lipinski definition) is 0. The lowest BCUT2D eigenvalue weighted by molar-refractivity contribution is 0.264. The van der Waals surface area contributed by atoms with Crippen LogP contribution >= 0.6 is 0 Å². The molecule has 2 aliphatic carbocycles. The molecule has 2 bridgehead atoms. The third-order valence-corrected chi connectivity index (χ3v) is 6.77. The number of sulfone groups is 1. The van der Waals surface area contributed by atoms with Crippen molar-refractivity contribution >= 4 is 9.84 Å². The van der Waals surface area contributed by atoms with Crippen molar-refractivity contribution in [3.8, 4) is 0 Å². The maximum Gasteiger partial charge on any atom is 0.181 e. The van der Waals surface area contributed by atoms with Crippen molar-refractivity contribution in [1.29, 1.82) is 0 Å². The summed E-state index contributed by atoms with van der Waals surface area (Å²) in [5, 5.41) is -0.210. The zero-order valence-electron chi connectivity index (χ0n) is 9.32. The van der Waals surface area contributed by atoms with Crippen LogP contribution in [0.25, 0.3) is 0 Å². The van der Waals surface area contributed by atoms with Crippen molar-refractivity contribution in [2.45, 2.75) is 35.2 Å². The third-order valence-electron chi connectivity index (χ3n) is 4.51. The monoisotopic (exact) mass is 250 g/mol. The van der Waals surface area contributed by atoms with E-state index in [-0.39, 0.29) is 17.3 Å².